The summed E-state index contributed by atoms with van der Waals surface area (Å²) in [5, 5.41) is 22.8. The molecule has 0 radical (unpaired) electrons. The van der Waals surface area contributed by atoms with Gasteiger partial charge >= 0.3 is 0 Å². The Labute approximate surface area is 150 Å². The third-order valence-electron chi connectivity index (χ3n) is 5.64. The summed E-state index contributed by atoms with van der Waals surface area (Å²) in [5.74, 6) is 0.871. The van der Waals surface area contributed by atoms with Gasteiger partial charge in [-0.25, -0.2) is 0 Å². The van der Waals surface area contributed by atoms with E-state index in [1.807, 2.05) is 12.1 Å². The van der Waals surface area contributed by atoms with Crippen LogP contribution in [0.5, 0.6) is 5.75 Å². The summed E-state index contributed by atoms with van der Waals surface area (Å²) in [4.78, 5) is 2.29. The van der Waals surface area contributed by atoms with Crippen molar-refractivity contribution in [3.8, 4) is 5.75 Å². The molecule has 0 unspecified atom stereocenters. The smallest absolute Gasteiger partial charge is 0.119 e. The highest BCUT2D eigenvalue weighted by Crippen LogP contribution is 2.36. The van der Waals surface area contributed by atoms with Crippen molar-refractivity contribution in [1.82, 2.24) is 4.90 Å². The Hall–Kier alpha value is -1.62. The number of ether oxygens (including phenoxy) is 1. The summed E-state index contributed by atoms with van der Waals surface area (Å²) < 4.78 is 5.28. The summed E-state index contributed by atoms with van der Waals surface area (Å²) in [7, 11) is 1.68. The number of benzene rings is 2. The molecule has 3 rings (SSSR count). The molecular formula is C21H29NO3. The average molecular weight is 343 g/mol. The Balaban J connectivity index is 1.70. The molecule has 2 aromatic rings. The first-order valence-corrected chi connectivity index (χ1v) is 9.18. The minimum absolute atomic E-state index is 0.0770. The van der Waals surface area contributed by atoms with E-state index in [0.717, 1.165) is 38.1 Å². The molecule has 2 N–H and O–H groups in total. The van der Waals surface area contributed by atoms with Crippen LogP contribution in [0.4, 0.5) is 0 Å². The van der Waals surface area contributed by atoms with Crippen LogP contribution < -0.4 is 4.74 Å². The van der Waals surface area contributed by atoms with Crippen molar-refractivity contribution >= 4 is 10.8 Å². The van der Waals surface area contributed by atoms with E-state index in [-0.39, 0.29) is 12.0 Å². The molecule has 1 fully saturated rings. The van der Waals surface area contributed by atoms with Crippen LogP contribution in [0.1, 0.15) is 31.7 Å². The molecule has 0 aliphatic carbocycles. The lowest BCUT2D eigenvalue weighted by molar-refractivity contribution is -0.0802. The second-order valence-electron chi connectivity index (χ2n) is 7.32. The largest absolute Gasteiger partial charge is 0.497 e. The fourth-order valence-electron chi connectivity index (χ4n) is 4.03. The molecule has 2 atom stereocenters. The molecular weight excluding hydrogens is 314 g/mol. The van der Waals surface area contributed by atoms with Gasteiger partial charge in [-0.2, -0.15) is 0 Å². The number of fused-ring (bicyclic) bond motifs is 1. The number of nitrogens with zero attached hydrogens (tertiary/aromatic N) is 1. The molecule has 2 aromatic carbocycles. The van der Waals surface area contributed by atoms with Gasteiger partial charge in [0.1, 0.15) is 5.75 Å². The summed E-state index contributed by atoms with van der Waals surface area (Å²) in [6, 6.07) is 12.6. The van der Waals surface area contributed by atoms with Crippen molar-refractivity contribution in [1.29, 1.82) is 0 Å². The summed E-state index contributed by atoms with van der Waals surface area (Å²) in [6.45, 7) is 4.56. The van der Waals surface area contributed by atoms with E-state index >= 15 is 0 Å². The van der Waals surface area contributed by atoms with E-state index in [1.54, 1.807) is 7.11 Å². The first-order chi connectivity index (χ1) is 12.1. The maximum Gasteiger partial charge on any atom is 0.119 e. The number of aliphatic hydroxyl groups is 2. The Bertz CT molecular complexity index is 717. The number of methoxy groups -OCH3 is 1. The third kappa shape index (κ3) is 3.81. The molecule has 1 saturated heterocycles. The van der Waals surface area contributed by atoms with E-state index in [0.29, 0.717) is 6.54 Å². The fourth-order valence-corrected chi connectivity index (χ4v) is 4.03. The quantitative estimate of drug-likeness (QED) is 0.846. The van der Waals surface area contributed by atoms with Gasteiger partial charge in [-0.1, -0.05) is 31.5 Å². The average Bonchev–Trinajstić information content (AvgIpc) is 2.64. The third-order valence-corrected chi connectivity index (χ3v) is 5.64. The number of hydrogen-bond donors (Lipinski definition) is 2. The Morgan fingerprint density at radius 3 is 2.64 bits per heavy atom. The number of β-amino-alcohol motifs (C(OH)–C–C–N with tert-alkyl or cyclic N) is 1. The number of piperidine rings is 1. The van der Waals surface area contributed by atoms with Crippen molar-refractivity contribution in [3.05, 3.63) is 42.0 Å². The highest BCUT2D eigenvalue weighted by molar-refractivity contribution is 5.84. The van der Waals surface area contributed by atoms with E-state index in [2.05, 4.69) is 36.1 Å². The van der Waals surface area contributed by atoms with Gasteiger partial charge in [0.05, 0.1) is 19.8 Å². The van der Waals surface area contributed by atoms with Crippen LogP contribution in [0, 0.1) is 5.41 Å². The van der Waals surface area contributed by atoms with Crippen molar-refractivity contribution in [2.45, 2.75) is 38.8 Å². The van der Waals surface area contributed by atoms with E-state index in [9.17, 15) is 10.2 Å². The molecule has 0 spiro atoms. The van der Waals surface area contributed by atoms with Crippen molar-refractivity contribution < 1.29 is 14.9 Å². The summed E-state index contributed by atoms with van der Waals surface area (Å²) >= 11 is 0. The molecule has 1 aliphatic heterocycles. The number of aliphatic hydroxyl groups excluding tert-OH is 2. The van der Waals surface area contributed by atoms with Crippen molar-refractivity contribution in [3.63, 3.8) is 0 Å². The lowest BCUT2D eigenvalue weighted by Crippen LogP contribution is -2.52. The second-order valence-corrected chi connectivity index (χ2v) is 7.32. The maximum absolute atomic E-state index is 10.6. The predicted octanol–water partition coefficient (Wildman–Crippen LogP) is 3.19. The molecule has 4 heteroatoms. The van der Waals surface area contributed by atoms with Crippen LogP contribution >= 0.6 is 0 Å². The Morgan fingerprint density at radius 1 is 1.20 bits per heavy atom. The van der Waals surface area contributed by atoms with Crippen LogP contribution in [0.15, 0.2) is 36.4 Å². The van der Waals surface area contributed by atoms with Gasteiger partial charge in [-0.05, 0) is 53.9 Å². The topological polar surface area (TPSA) is 52.9 Å². The van der Waals surface area contributed by atoms with Crippen LogP contribution in [-0.4, -0.2) is 48.0 Å². The van der Waals surface area contributed by atoms with Crippen LogP contribution in [-0.2, 0) is 6.54 Å². The lowest BCUT2D eigenvalue weighted by Gasteiger charge is -2.44. The lowest BCUT2D eigenvalue weighted by atomic mass is 9.73. The van der Waals surface area contributed by atoms with E-state index < -0.39 is 6.10 Å². The highest BCUT2D eigenvalue weighted by atomic mass is 16.5. The molecule has 4 nitrogen and oxygen atoms in total. The van der Waals surface area contributed by atoms with Gasteiger partial charge in [0.25, 0.3) is 0 Å². The maximum atomic E-state index is 10.6. The molecule has 136 valence electrons. The number of hydrogen-bond acceptors (Lipinski definition) is 4. The minimum Gasteiger partial charge on any atom is -0.497 e. The molecule has 0 saturated carbocycles. The second kappa shape index (κ2) is 7.73. The van der Waals surface area contributed by atoms with E-state index in [4.69, 9.17) is 4.74 Å². The van der Waals surface area contributed by atoms with Gasteiger partial charge in [0.2, 0.25) is 0 Å². The zero-order valence-corrected chi connectivity index (χ0v) is 15.2. The molecule has 0 amide bonds. The number of rotatable bonds is 6. The summed E-state index contributed by atoms with van der Waals surface area (Å²) in [5.41, 5.74) is 0.933. The minimum atomic E-state index is -0.462. The summed E-state index contributed by atoms with van der Waals surface area (Å²) in [6.07, 6.45) is 2.27. The van der Waals surface area contributed by atoms with Crippen molar-refractivity contribution in [2.24, 2.45) is 5.41 Å². The van der Waals surface area contributed by atoms with Gasteiger partial charge < -0.3 is 14.9 Å². The van der Waals surface area contributed by atoms with Gasteiger partial charge in [0, 0.05) is 18.5 Å². The molecule has 1 aliphatic rings. The molecule has 0 aromatic heterocycles. The van der Waals surface area contributed by atoms with Gasteiger partial charge in [0.15, 0.2) is 0 Å². The molecule has 25 heavy (non-hydrogen) atoms. The molecule has 1 heterocycles. The fraction of sp³-hybridized carbons (Fsp3) is 0.524. The van der Waals surface area contributed by atoms with E-state index in [1.165, 1.54) is 16.3 Å². The van der Waals surface area contributed by atoms with Crippen LogP contribution in [0.3, 0.4) is 0 Å². The Kier molecular flexibility index (Phi) is 5.62. The highest BCUT2D eigenvalue weighted by Gasteiger charge is 2.40. The Morgan fingerprint density at radius 2 is 1.96 bits per heavy atom. The normalized spacial score (nSPS) is 24.6. The monoisotopic (exact) mass is 343 g/mol. The zero-order valence-electron chi connectivity index (χ0n) is 15.2. The van der Waals surface area contributed by atoms with Gasteiger partial charge in [-0.15, -0.1) is 0 Å². The first kappa shape index (κ1) is 18.2. The zero-order chi connectivity index (χ0) is 17.9. The van der Waals surface area contributed by atoms with Crippen molar-refractivity contribution in [2.75, 3.05) is 26.8 Å². The van der Waals surface area contributed by atoms with Crippen LogP contribution in [0.2, 0.25) is 0 Å². The first-order valence-electron chi connectivity index (χ1n) is 9.18. The molecule has 0 bridgehead atoms. The SMILES string of the molecule is CCC[C@]1(CO)CCN(Cc2ccc3cc(OC)ccc3c2)C[C@H]1O. The standard InChI is InChI=1S/C21H29NO3/c1-3-8-21(15-23)9-10-22(14-20(21)24)13-16-4-5-18-12-19(25-2)7-6-17(18)11-16/h4-7,11-12,20,23-24H,3,8-10,13-15H2,1-2H3/t20-,21-/m1/s1. The predicted molar refractivity (Wildman–Crippen MR) is 101 cm³/mol. The number of likely N-dealkylation sites (tertiary alicyclic amines) is 1. The van der Waals surface area contributed by atoms with Crippen LogP contribution in [0.25, 0.3) is 10.8 Å². The van der Waals surface area contributed by atoms with Gasteiger partial charge in [-0.3, -0.25) is 4.90 Å².